The third-order valence-electron chi connectivity index (χ3n) is 9.71. The summed E-state index contributed by atoms with van der Waals surface area (Å²) in [4.78, 5) is 11.0. The molecule has 0 saturated heterocycles. The monoisotopic (exact) mass is 390 g/mol. The first-order chi connectivity index (χ1) is 13.2. The standard InChI is InChI=1S/C24H38O4/c1-14(4-9-22(27)28)18-7-8-19-17-6-5-15-12-16(25)10-11-23(15,2)20(17)13-21(26)24(18,19)3/h7,14-17,19-21,25-26H,4-6,8-13H2,1-3H3,(H,27,28)/t14-,15?,16-,17?,19?,20?,21+,23+,24-/m1/s1. The molecular formula is C24H38O4. The summed E-state index contributed by atoms with van der Waals surface area (Å²) in [6, 6.07) is 0. The maximum Gasteiger partial charge on any atom is 0.303 e. The summed E-state index contributed by atoms with van der Waals surface area (Å²) in [5.41, 5.74) is 1.37. The number of fused-ring (bicyclic) bond motifs is 5. The fourth-order valence-corrected chi connectivity index (χ4v) is 8.05. The minimum atomic E-state index is -0.734. The zero-order chi connectivity index (χ0) is 20.3. The molecule has 0 aromatic heterocycles. The van der Waals surface area contributed by atoms with E-state index in [4.69, 9.17) is 5.11 Å². The number of carboxylic acid groups (broad SMARTS) is 1. The highest BCUT2D eigenvalue weighted by molar-refractivity contribution is 5.66. The van der Waals surface area contributed by atoms with Crippen LogP contribution in [0.2, 0.25) is 0 Å². The van der Waals surface area contributed by atoms with Crippen LogP contribution in [0, 0.1) is 40.4 Å². The third kappa shape index (κ3) is 2.98. The number of rotatable bonds is 4. The summed E-state index contributed by atoms with van der Waals surface area (Å²) < 4.78 is 0. The lowest BCUT2D eigenvalue weighted by molar-refractivity contribution is -0.156. The number of aliphatic carboxylic acids is 1. The molecular weight excluding hydrogens is 352 g/mol. The quantitative estimate of drug-likeness (QED) is 0.622. The van der Waals surface area contributed by atoms with Crippen molar-refractivity contribution in [1.82, 2.24) is 0 Å². The second-order valence-corrected chi connectivity index (χ2v) is 10.8. The van der Waals surface area contributed by atoms with Crippen LogP contribution in [-0.2, 0) is 4.79 Å². The van der Waals surface area contributed by atoms with Gasteiger partial charge in [0.25, 0.3) is 0 Å². The fourth-order valence-electron chi connectivity index (χ4n) is 8.05. The van der Waals surface area contributed by atoms with Crippen molar-refractivity contribution in [3.05, 3.63) is 11.6 Å². The van der Waals surface area contributed by atoms with Gasteiger partial charge >= 0.3 is 5.97 Å². The van der Waals surface area contributed by atoms with Gasteiger partial charge in [0.1, 0.15) is 0 Å². The van der Waals surface area contributed by atoms with Crippen LogP contribution in [0.4, 0.5) is 0 Å². The van der Waals surface area contributed by atoms with E-state index in [1.165, 1.54) is 18.4 Å². The number of aliphatic hydroxyl groups excluding tert-OH is 2. The van der Waals surface area contributed by atoms with Gasteiger partial charge in [-0.2, -0.15) is 0 Å². The summed E-state index contributed by atoms with van der Waals surface area (Å²) in [6.45, 7) is 6.84. The summed E-state index contributed by atoms with van der Waals surface area (Å²) >= 11 is 0. The molecule has 0 aromatic carbocycles. The third-order valence-corrected chi connectivity index (χ3v) is 9.71. The van der Waals surface area contributed by atoms with Crippen LogP contribution >= 0.6 is 0 Å². The Morgan fingerprint density at radius 1 is 1.18 bits per heavy atom. The smallest absolute Gasteiger partial charge is 0.303 e. The highest BCUT2D eigenvalue weighted by atomic mass is 16.4. The van der Waals surface area contributed by atoms with E-state index in [0.717, 1.165) is 32.1 Å². The van der Waals surface area contributed by atoms with Gasteiger partial charge in [-0.1, -0.05) is 32.4 Å². The number of carbonyl (C=O) groups is 1. The predicted molar refractivity (Wildman–Crippen MR) is 109 cm³/mol. The van der Waals surface area contributed by atoms with Crippen molar-refractivity contribution in [3.8, 4) is 0 Å². The van der Waals surface area contributed by atoms with E-state index in [9.17, 15) is 15.0 Å². The summed E-state index contributed by atoms with van der Waals surface area (Å²) in [7, 11) is 0. The van der Waals surface area contributed by atoms with Crippen molar-refractivity contribution < 1.29 is 20.1 Å². The molecule has 3 saturated carbocycles. The molecule has 4 aliphatic carbocycles. The number of allylic oxidation sites excluding steroid dienone is 1. The molecule has 4 aliphatic rings. The van der Waals surface area contributed by atoms with Crippen LogP contribution in [-0.4, -0.2) is 33.5 Å². The van der Waals surface area contributed by atoms with Crippen LogP contribution in [0.3, 0.4) is 0 Å². The first-order valence-electron chi connectivity index (χ1n) is 11.5. The van der Waals surface area contributed by atoms with Crippen LogP contribution in [0.5, 0.6) is 0 Å². The molecule has 0 bridgehead atoms. The molecule has 0 aliphatic heterocycles. The number of hydrogen-bond acceptors (Lipinski definition) is 3. The first-order valence-corrected chi connectivity index (χ1v) is 11.5. The lowest BCUT2D eigenvalue weighted by Gasteiger charge is -2.62. The average molecular weight is 391 g/mol. The lowest BCUT2D eigenvalue weighted by Crippen LogP contribution is -2.58. The molecule has 3 fully saturated rings. The van der Waals surface area contributed by atoms with Gasteiger partial charge in [-0.3, -0.25) is 4.79 Å². The minimum absolute atomic E-state index is 0.136. The number of hydrogen-bond donors (Lipinski definition) is 3. The Hall–Kier alpha value is -0.870. The number of aliphatic hydroxyl groups is 2. The highest BCUT2D eigenvalue weighted by Crippen LogP contribution is 2.67. The fraction of sp³-hybridized carbons (Fsp3) is 0.875. The zero-order valence-corrected chi connectivity index (χ0v) is 17.7. The highest BCUT2D eigenvalue weighted by Gasteiger charge is 2.61. The van der Waals surface area contributed by atoms with Crippen LogP contribution < -0.4 is 0 Å². The Balaban J connectivity index is 1.57. The van der Waals surface area contributed by atoms with Gasteiger partial charge in [0.15, 0.2) is 0 Å². The van der Waals surface area contributed by atoms with Crippen molar-refractivity contribution in [3.63, 3.8) is 0 Å². The van der Waals surface area contributed by atoms with E-state index in [0.29, 0.717) is 30.1 Å². The molecule has 0 spiro atoms. The van der Waals surface area contributed by atoms with Crippen LogP contribution in [0.25, 0.3) is 0 Å². The molecule has 0 amide bonds. The SMILES string of the molecule is C[C@H](CCC(=O)O)C1=CCC2C3CCC4C[C@H](O)CC[C@]4(C)C3C[C@H](O)[C@]12C. The van der Waals surface area contributed by atoms with E-state index >= 15 is 0 Å². The molecule has 0 radical (unpaired) electrons. The van der Waals surface area contributed by atoms with E-state index in [1.807, 2.05) is 0 Å². The Morgan fingerprint density at radius 2 is 1.93 bits per heavy atom. The van der Waals surface area contributed by atoms with Gasteiger partial charge in [-0.25, -0.2) is 0 Å². The molecule has 4 unspecified atom stereocenters. The first kappa shape index (κ1) is 20.4. The zero-order valence-electron chi connectivity index (χ0n) is 17.7. The Morgan fingerprint density at radius 3 is 2.64 bits per heavy atom. The Labute approximate surface area is 169 Å². The predicted octanol–water partition coefficient (Wildman–Crippen LogP) is 4.40. The largest absolute Gasteiger partial charge is 0.481 e. The van der Waals surface area contributed by atoms with Crippen LogP contribution in [0.1, 0.15) is 78.6 Å². The molecule has 28 heavy (non-hydrogen) atoms. The summed E-state index contributed by atoms with van der Waals surface area (Å²) in [5, 5.41) is 30.7. The van der Waals surface area contributed by atoms with E-state index < -0.39 is 5.97 Å². The van der Waals surface area contributed by atoms with E-state index in [1.54, 1.807) is 0 Å². The maximum atomic E-state index is 11.4. The lowest BCUT2D eigenvalue weighted by atomic mass is 9.44. The van der Waals surface area contributed by atoms with Gasteiger partial charge in [0.2, 0.25) is 0 Å². The maximum absolute atomic E-state index is 11.4. The summed E-state index contributed by atoms with van der Waals surface area (Å²) in [6.07, 6.45) is 9.98. The molecule has 4 rings (SSSR count). The second-order valence-electron chi connectivity index (χ2n) is 10.8. The van der Waals surface area contributed by atoms with E-state index in [2.05, 4.69) is 26.8 Å². The Bertz CT molecular complexity index is 657. The van der Waals surface area contributed by atoms with Crippen molar-refractivity contribution in [2.24, 2.45) is 40.4 Å². The molecule has 4 heteroatoms. The van der Waals surface area contributed by atoms with Gasteiger partial charge in [0.05, 0.1) is 12.2 Å². The molecule has 0 heterocycles. The molecule has 4 nitrogen and oxygen atoms in total. The van der Waals surface area contributed by atoms with Crippen molar-refractivity contribution in [2.75, 3.05) is 0 Å². The van der Waals surface area contributed by atoms with Crippen molar-refractivity contribution >= 4 is 5.97 Å². The summed E-state index contributed by atoms with van der Waals surface area (Å²) in [5.74, 6) is 1.75. The normalized spacial score (nSPS) is 48.8. The van der Waals surface area contributed by atoms with Gasteiger partial charge < -0.3 is 15.3 Å². The Kier molecular flexibility index (Phi) is 5.19. The van der Waals surface area contributed by atoms with Gasteiger partial charge in [-0.15, -0.1) is 0 Å². The number of carboxylic acids is 1. The molecule has 9 atom stereocenters. The van der Waals surface area contributed by atoms with Crippen molar-refractivity contribution in [2.45, 2.75) is 90.8 Å². The molecule has 0 aromatic rings. The average Bonchev–Trinajstić information content (AvgIpc) is 3.00. The second kappa shape index (κ2) is 7.12. The molecule has 158 valence electrons. The van der Waals surface area contributed by atoms with Gasteiger partial charge in [-0.05, 0) is 86.4 Å². The van der Waals surface area contributed by atoms with Crippen molar-refractivity contribution in [1.29, 1.82) is 0 Å². The van der Waals surface area contributed by atoms with Gasteiger partial charge in [0, 0.05) is 11.8 Å². The topological polar surface area (TPSA) is 77.8 Å². The molecule has 3 N–H and O–H groups in total. The van der Waals surface area contributed by atoms with E-state index in [-0.39, 0.29) is 35.4 Å². The minimum Gasteiger partial charge on any atom is -0.481 e. The van der Waals surface area contributed by atoms with Crippen LogP contribution in [0.15, 0.2) is 11.6 Å².